The molecular formula is C20H26ClN5O. The van der Waals surface area contributed by atoms with Gasteiger partial charge in [-0.1, -0.05) is 17.7 Å². The van der Waals surface area contributed by atoms with E-state index in [1.165, 1.54) is 5.56 Å². The van der Waals surface area contributed by atoms with Crippen LogP contribution in [0.15, 0.2) is 47.7 Å². The van der Waals surface area contributed by atoms with Crippen molar-refractivity contribution in [1.82, 2.24) is 15.6 Å². The van der Waals surface area contributed by atoms with Gasteiger partial charge in [0.25, 0.3) is 0 Å². The fraction of sp³-hybridized carbons (Fsp3) is 0.400. The Bertz CT molecular complexity index is 768. The van der Waals surface area contributed by atoms with E-state index in [0.717, 1.165) is 54.9 Å². The molecule has 2 N–H and O–H groups in total. The summed E-state index contributed by atoms with van der Waals surface area (Å²) in [5.74, 6) is 1.67. The van der Waals surface area contributed by atoms with Gasteiger partial charge in [0.15, 0.2) is 5.96 Å². The topological polar surface area (TPSA) is 61.8 Å². The molecule has 1 aliphatic heterocycles. The maximum Gasteiger partial charge on any atom is 0.191 e. The molecule has 0 radical (unpaired) electrons. The number of aliphatic imine (C=N–C) groups is 1. The number of benzene rings is 1. The van der Waals surface area contributed by atoms with Gasteiger partial charge in [0.2, 0.25) is 0 Å². The van der Waals surface area contributed by atoms with E-state index in [-0.39, 0.29) is 0 Å². The molecule has 1 unspecified atom stereocenters. The minimum Gasteiger partial charge on any atom is -0.495 e. The average molecular weight is 388 g/mol. The maximum atomic E-state index is 6.17. The van der Waals surface area contributed by atoms with Gasteiger partial charge in [-0.2, -0.15) is 0 Å². The standard InChI is InChI=1S/C20H26ClN5O/c1-22-20(24-10-7-15-4-3-9-23-13-15)25-17-8-11-26(14-17)18-12-16(21)5-6-19(18)27-2/h3-6,9,12-13,17H,7-8,10-11,14H2,1-2H3,(H2,22,24,25). The summed E-state index contributed by atoms with van der Waals surface area (Å²) in [6.45, 7) is 2.63. The Morgan fingerprint density at radius 3 is 3.04 bits per heavy atom. The van der Waals surface area contributed by atoms with Crippen molar-refractivity contribution in [1.29, 1.82) is 0 Å². The largest absolute Gasteiger partial charge is 0.495 e. The minimum absolute atomic E-state index is 0.318. The van der Waals surface area contributed by atoms with Gasteiger partial charge in [0.05, 0.1) is 12.8 Å². The molecule has 1 fully saturated rings. The molecule has 2 aromatic rings. The van der Waals surface area contributed by atoms with Crippen LogP contribution in [-0.4, -0.2) is 50.8 Å². The van der Waals surface area contributed by atoms with Gasteiger partial charge in [-0.25, -0.2) is 0 Å². The van der Waals surface area contributed by atoms with Crippen LogP contribution in [-0.2, 0) is 6.42 Å². The van der Waals surface area contributed by atoms with Crippen LogP contribution >= 0.6 is 11.6 Å². The molecule has 0 saturated carbocycles. The van der Waals surface area contributed by atoms with Crippen LogP contribution in [0.25, 0.3) is 0 Å². The molecule has 0 spiro atoms. The van der Waals surface area contributed by atoms with E-state index >= 15 is 0 Å². The minimum atomic E-state index is 0.318. The van der Waals surface area contributed by atoms with Crippen LogP contribution in [0.4, 0.5) is 5.69 Å². The summed E-state index contributed by atoms with van der Waals surface area (Å²) in [6.07, 6.45) is 5.62. The van der Waals surface area contributed by atoms with Gasteiger partial charge >= 0.3 is 0 Å². The van der Waals surface area contributed by atoms with Crippen molar-refractivity contribution in [2.75, 3.05) is 38.7 Å². The Labute approximate surface area is 165 Å². The molecule has 6 nitrogen and oxygen atoms in total. The summed E-state index contributed by atoms with van der Waals surface area (Å²) >= 11 is 6.17. The third-order valence-corrected chi connectivity index (χ3v) is 4.90. The summed E-state index contributed by atoms with van der Waals surface area (Å²) in [4.78, 5) is 10.8. The molecule has 144 valence electrons. The van der Waals surface area contributed by atoms with E-state index in [1.807, 2.05) is 30.5 Å². The molecule has 1 atom stereocenters. The average Bonchev–Trinajstić information content (AvgIpc) is 3.16. The number of rotatable bonds is 6. The predicted molar refractivity (Wildman–Crippen MR) is 111 cm³/mol. The summed E-state index contributed by atoms with van der Waals surface area (Å²) < 4.78 is 5.48. The smallest absolute Gasteiger partial charge is 0.191 e. The Morgan fingerprint density at radius 1 is 1.41 bits per heavy atom. The summed E-state index contributed by atoms with van der Waals surface area (Å²) in [6, 6.07) is 10.1. The highest BCUT2D eigenvalue weighted by molar-refractivity contribution is 6.30. The lowest BCUT2D eigenvalue weighted by Crippen LogP contribution is -2.45. The summed E-state index contributed by atoms with van der Waals surface area (Å²) in [7, 11) is 3.48. The highest BCUT2D eigenvalue weighted by atomic mass is 35.5. The molecule has 0 amide bonds. The molecule has 3 rings (SSSR count). The number of guanidine groups is 1. The van der Waals surface area contributed by atoms with E-state index in [4.69, 9.17) is 16.3 Å². The van der Waals surface area contributed by atoms with Gasteiger partial charge in [-0.05, 0) is 42.7 Å². The van der Waals surface area contributed by atoms with Gasteiger partial charge in [-0.3, -0.25) is 9.98 Å². The van der Waals surface area contributed by atoms with Gasteiger partial charge < -0.3 is 20.3 Å². The van der Waals surface area contributed by atoms with Gasteiger partial charge in [-0.15, -0.1) is 0 Å². The second-order valence-corrected chi connectivity index (χ2v) is 6.94. The van der Waals surface area contributed by atoms with E-state index in [0.29, 0.717) is 6.04 Å². The fourth-order valence-electron chi connectivity index (χ4n) is 3.27. The molecule has 7 heteroatoms. The molecule has 0 aliphatic carbocycles. The first-order valence-corrected chi connectivity index (χ1v) is 9.52. The zero-order valence-electron chi connectivity index (χ0n) is 15.8. The van der Waals surface area contributed by atoms with E-state index in [2.05, 4.69) is 31.6 Å². The molecule has 2 heterocycles. The van der Waals surface area contributed by atoms with Crippen LogP contribution in [0.3, 0.4) is 0 Å². The third-order valence-electron chi connectivity index (χ3n) is 4.66. The molecule has 0 bridgehead atoms. The Balaban J connectivity index is 1.51. The monoisotopic (exact) mass is 387 g/mol. The molecule has 1 aliphatic rings. The van der Waals surface area contributed by atoms with Crippen LogP contribution in [0.5, 0.6) is 5.75 Å². The zero-order valence-corrected chi connectivity index (χ0v) is 16.5. The number of anilines is 1. The second kappa shape index (κ2) is 9.46. The summed E-state index contributed by atoms with van der Waals surface area (Å²) in [5.41, 5.74) is 2.24. The van der Waals surface area contributed by atoms with Gasteiger partial charge in [0, 0.05) is 50.1 Å². The molecular weight excluding hydrogens is 362 g/mol. The van der Waals surface area contributed by atoms with Crippen molar-refractivity contribution in [2.45, 2.75) is 18.9 Å². The first-order chi connectivity index (χ1) is 13.2. The number of aromatic nitrogens is 1. The number of nitrogens with zero attached hydrogens (tertiary/aromatic N) is 3. The van der Waals surface area contributed by atoms with Crippen molar-refractivity contribution in [3.8, 4) is 5.75 Å². The fourth-order valence-corrected chi connectivity index (χ4v) is 3.43. The van der Waals surface area contributed by atoms with E-state index in [1.54, 1.807) is 20.4 Å². The lowest BCUT2D eigenvalue weighted by molar-refractivity contribution is 0.415. The molecule has 1 aromatic carbocycles. The number of nitrogens with one attached hydrogen (secondary N) is 2. The second-order valence-electron chi connectivity index (χ2n) is 6.50. The third kappa shape index (κ3) is 5.26. The number of pyridine rings is 1. The van der Waals surface area contributed by atoms with Crippen LogP contribution < -0.4 is 20.3 Å². The highest BCUT2D eigenvalue weighted by Crippen LogP contribution is 2.33. The van der Waals surface area contributed by atoms with Crippen molar-refractivity contribution in [3.05, 3.63) is 53.3 Å². The quantitative estimate of drug-likeness (QED) is 0.589. The van der Waals surface area contributed by atoms with Crippen molar-refractivity contribution >= 4 is 23.2 Å². The Kier molecular flexibility index (Phi) is 6.76. The number of hydrogen-bond acceptors (Lipinski definition) is 4. The Hall–Kier alpha value is -2.47. The number of halogens is 1. The zero-order chi connectivity index (χ0) is 19.1. The first kappa shape index (κ1) is 19.3. The Morgan fingerprint density at radius 2 is 2.30 bits per heavy atom. The maximum absolute atomic E-state index is 6.17. The van der Waals surface area contributed by atoms with E-state index in [9.17, 15) is 0 Å². The van der Waals surface area contributed by atoms with Crippen LogP contribution in [0, 0.1) is 0 Å². The molecule has 27 heavy (non-hydrogen) atoms. The lowest BCUT2D eigenvalue weighted by Gasteiger charge is -2.22. The van der Waals surface area contributed by atoms with Crippen LogP contribution in [0.1, 0.15) is 12.0 Å². The van der Waals surface area contributed by atoms with Crippen molar-refractivity contribution in [2.24, 2.45) is 4.99 Å². The molecule has 1 saturated heterocycles. The lowest BCUT2D eigenvalue weighted by atomic mass is 10.2. The van der Waals surface area contributed by atoms with E-state index < -0.39 is 0 Å². The predicted octanol–water partition coefficient (Wildman–Crippen LogP) is 2.73. The van der Waals surface area contributed by atoms with Gasteiger partial charge in [0.1, 0.15) is 5.75 Å². The normalized spacial score (nSPS) is 17.1. The number of hydrogen-bond donors (Lipinski definition) is 2. The highest BCUT2D eigenvalue weighted by Gasteiger charge is 2.25. The molecule has 1 aromatic heterocycles. The van der Waals surface area contributed by atoms with Crippen molar-refractivity contribution < 1.29 is 4.74 Å². The summed E-state index contributed by atoms with van der Waals surface area (Å²) in [5, 5.41) is 7.61. The SMILES string of the molecule is CN=C(NCCc1cccnc1)NC1CCN(c2cc(Cl)ccc2OC)C1. The number of methoxy groups -OCH3 is 1. The van der Waals surface area contributed by atoms with Crippen molar-refractivity contribution in [3.63, 3.8) is 0 Å². The van der Waals surface area contributed by atoms with Crippen LogP contribution in [0.2, 0.25) is 5.02 Å². The first-order valence-electron chi connectivity index (χ1n) is 9.14. The number of ether oxygens (including phenoxy) is 1.